The summed E-state index contributed by atoms with van der Waals surface area (Å²) in [6.45, 7) is 0.251. The maximum absolute atomic E-state index is 12.2. The Balaban J connectivity index is 2.72. The Morgan fingerprint density at radius 3 is 2.63 bits per heavy atom. The van der Waals surface area contributed by atoms with Gasteiger partial charge in [0, 0.05) is 18.3 Å². The highest BCUT2D eigenvalue weighted by atomic mass is 19.4. The molecule has 3 nitrogen and oxygen atoms in total. The van der Waals surface area contributed by atoms with E-state index < -0.39 is 18.6 Å². The molecule has 0 bridgehead atoms. The van der Waals surface area contributed by atoms with Crippen molar-refractivity contribution < 1.29 is 18.0 Å². The summed E-state index contributed by atoms with van der Waals surface area (Å²) in [7, 11) is 0. The van der Waals surface area contributed by atoms with Gasteiger partial charge in [0.15, 0.2) is 0 Å². The van der Waals surface area contributed by atoms with Crippen LogP contribution in [-0.4, -0.2) is 30.1 Å². The zero-order chi connectivity index (χ0) is 14.5. The summed E-state index contributed by atoms with van der Waals surface area (Å²) < 4.78 is 36.7. The number of halogens is 3. The topological polar surface area (TPSA) is 46.3 Å². The monoisotopic (exact) mass is 272 g/mol. The molecule has 0 heterocycles. The third-order valence-corrected chi connectivity index (χ3v) is 2.39. The number of amides is 1. The molecular formula is C13H15F3N2O. The van der Waals surface area contributed by atoms with Gasteiger partial charge in [-0.25, -0.2) is 0 Å². The van der Waals surface area contributed by atoms with Gasteiger partial charge in [-0.05, 0) is 30.7 Å². The fourth-order valence-corrected chi connectivity index (χ4v) is 1.50. The predicted octanol–water partition coefficient (Wildman–Crippen LogP) is 2.69. The third kappa shape index (κ3) is 5.46. The number of nitrogens with two attached hydrogens (primary N) is 1. The number of carbonyl (C=O) groups is 1. The number of rotatable bonds is 4. The Labute approximate surface area is 109 Å². The number of alkyl halides is 3. The summed E-state index contributed by atoms with van der Waals surface area (Å²) >= 11 is 0. The Morgan fingerprint density at radius 2 is 2.11 bits per heavy atom. The second-order valence-corrected chi connectivity index (χ2v) is 3.97. The van der Waals surface area contributed by atoms with Crippen LogP contribution in [0.4, 0.5) is 18.9 Å². The van der Waals surface area contributed by atoms with Crippen LogP contribution in [0.5, 0.6) is 0 Å². The molecule has 2 N–H and O–H groups in total. The zero-order valence-corrected chi connectivity index (χ0v) is 10.4. The van der Waals surface area contributed by atoms with E-state index in [4.69, 9.17) is 5.73 Å². The molecule has 0 saturated heterocycles. The minimum absolute atomic E-state index is 0.000385. The van der Waals surface area contributed by atoms with Crippen LogP contribution < -0.4 is 5.73 Å². The van der Waals surface area contributed by atoms with Crippen molar-refractivity contribution in [1.82, 2.24) is 4.90 Å². The summed E-state index contributed by atoms with van der Waals surface area (Å²) in [6.07, 6.45) is -1.83. The van der Waals surface area contributed by atoms with Crippen LogP contribution in [0.25, 0.3) is 6.08 Å². The Hall–Kier alpha value is -1.98. The number of hydrogen-bond donors (Lipinski definition) is 1. The summed E-state index contributed by atoms with van der Waals surface area (Å²) in [4.78, 5) is 12.3. The van der Waals surface area contributed by atoms with Gasteiger partial charge >= 0.3 is 6.18 Å². The molecule has 0 saturated carbocycles. The lowest BCUT2D eigenvalue weighted by Crippen LogP contribution is -2.37. The van der Waals surface area contributed by atoms with Crippen molar-refractivity contribution in [3.05, 3.63) is 35.9 Å². The standard InChI is InChI=1S/C13H15F3N2O/c1-2-18(9-13(14,15)16)12(19)7-6-10-4-3-5-11(17)8-10/h3-8H,2,9,17H2,1H3/b7-6+. The van der Waals surface area contributed by atoms with Crippen LogP contribution in [0.3, 0.4) is 0 Å². The normalized spacial score (nSPS) is 11.8. The fraction of sp³-hybridized carbons (Fsp3) is 0.308. The van der Waals surface area contributed by atoms with Gasteiger partial charge in [0.1, 0.15) is 6.54 Å². The maximum Gasteiger partial charge on any atom is 0.406 e. The summed E-state index contributed by atoms with van der Waals surface area (Å²) in [5.74, 6) is -0.678. The first-order chi connectivity index (χ1) is 8.81. The molecule has 0 radical (unpaired) electrons. The summed E-state index contributed by atoms with van der Waals surface area (Å²) in [5, 5.41) is 0. The number of benzene rings is 1. The average molecular weight is 272 g/mol. The Morgan fingerprint density at radius 1 is 1.42 bits per heavy atom. The first kappa shape index (κ1) is 15.1. The van der Waals surface area contributed by atoms with Crippen molar-refractivity contribution in [3.63, 3.8) is 0 Å². The van der Waals surface area contributed by atoms with Gasteiger partial charge in [0.05, 0.1) is 0 Å². The first-order valence-corrected chi connectivity index (χ1v) is 5.71. The van der Waals surface area contributed by atoms with E-state index in [2.05, 4.69) is 0 Å². The van der Waals surface area contributed by atoms with Gasteiger partial charge in [0.25, 0.3) is 0 Å². The van der Waals surface area contributed by atoms with Crippen molar-refractivity contribution in [2.75, 3.05) is 18.8 Å². The van der Waals surface area contributed by atoms with E-state index in [0.717, 1.165) is 11.0 Å². The van der Waals surface area contributed by atoms with Crippen LogP contribution in [-0.2, 0) is 4.79 Å². The van der Waals surface area contributed by atoms with Crippen LogP contribution >= 0.6 is 0 Å². The van der Waals surface area contributed by atoms with E-state index in [0.29, 0.717) is 11.3 Å². The highest BCUT2D eigenvalue weighted by Crippen LogP contribution is 2.16. The summed E-state index contributed by atoms with van der Waals surface area (Å²) in [6, 6.07) is 6.72. The molecule has 0 aliphatic carbocycles. The van der Waals surface area contributed by atoms with E-state index in [1.807, 2.05) is 0 Å². The fourth-order valence-electron chi connectivity index (χ4n) is 1.50. The number of nitrogens with zero attached hydrogens (tertiary/aromatic N) is 1. The van der Waals surface area contributed by atoms with Gasteiger partial charge in [-0.2, -0.15) is 13.2 Å². The molecule has 19 heavy (non-hydrogen) atoms. The second-order valence-electron chi connectivity index (χ2n) is 3.97. The molecule has 1 aromatic rings. The van der Waals surface area contributed by atoms with E-state index in [1.165, 1.54) is 13.0 Å². The van der Waals surface area contributed by atoms with E-state index in [-0.39, 0.29) is 6.54 Å². The molecule has 1 aromatic carbocycles. The van der Waals surface area contributed by atoms with Gasteiger partial charge in [-0.3, -0.25) is 4.79 Å². The van der Waals surface area contributed by atoms with Crippen LogP contribution in [0.1, 0.15) is 12.5 Å². The summed E-state index contributed by atoms with van der Waals surface area (Å²) in [5.41, 5.74) is 6.74. The molecule has 0 aliphatic rings. The maximum atomic E-state index is 12.2. The highest BCUT2D eigenvalue weighted by molar-refractivity contribution is 5.91. The smallest absolute Gasteiger partial charge is 0.399 e. The number of hydrogen-bond acceptors (Lipinski definition) is 2. The Kier molecular flexibility index (Phi) is 4.97. The molecule has 0 fully saturated rings. The molecule has 0 unspecified atom stereocenters. The molecule has 6 heteroatoms. The second kappa shape index (κ2) is 6.26. The van der Waals surface area contributed by atoms with Crippen molar-refractivity contribution in [1.29, 1.82) is 0 Å². The minimum Gasteiger partial charge on any atom is -0.399 e. The number of nitrogen functional groups attached to an aromatic ring is 1. The van der Waals surface area contributed by atoms with E-state index in [1.54, 1.807) is 24.3 Å². The lowest BCUT2D eigenvalue weighted by atomic mass is 10.2. The molecule has 0 atom stereocenters. The van der Waals surface area contributed by atoms with Crippen LogP contribution in [0.15, 0.2) is 30.3 Å². The largest absolute Gasteiger partial charge is 0.406 e. The number of carbonyl (C=O) groups excluding carboxylic acids is 1. The number of likely N-dealkylation sites (N-methyl/N-ethyl adjacent to an activating group) is 1. The van der Waals surface area contributed by atoms with Crippen molar-refractivity contribution in [3.8, 4) is 0 Å². The van der Waals surface area contributed by atoms with Gasteiger partial charge in [0.2, 0.25) is 5.91 Å². The quantitative estimate of drug-likeness (QED) is 0.676. The van der Waals surface area contributed by atoms with Crippen molar-refractivity contribution >= 4 is 17.7 Å². The van der Waals surface area contributed by atoms with E-state index >= 15 is 0 Å². The Bertz CT molecular complexity index is 469. The average Bonchev–Trinajstić information content (AvgIpc) is 2.32. The van der Waals surface area contributed by atoms with Crippen LogP contribution in [0, 0.1) is 0 Å². The lowest BCUT2D eigenvalue weighted by Gasteiger charge is -2.20. The SMILES string of the molecule is CCN(CC(F)(F)F)C(=O)/C=C/c1cccc(N)c1. The highest BCUT2D eigenvalue weighted by Gasteiger charge is 2.31. The van der Waals surface area contributed by atoms with Gasteiger partial charge in [-0.15, -0.1) is 0 Å². The third-order valence-electron chi connectivity index (χ3n) is 2.39. The zero-order valence-electron chi connectivity index (χ0n) is 10.4. The molecule has 0 aliphatic heterocycles. The minimum atomic E-state index is -4.39. The predicted molar refractivity (Wildman–Crippen MR) is 68.2 cm³/mol. The molecule has 104 valence electrons. The van der Waals surface area contributed by atoms with Crippen molar-refractivity contribution in [2.24, 2.45) is 0 Å². The molecule has 0 aromatic heterocycles. The van der Waals surface area contributed by atoms with Crippen LogP contribution in [0.2, 0.25) is 0 Å². The number of anilines is 1. The van der Waals surface area contributed by atoms with Gasteiger partial charge < -0.3 is 10.6 Å². The molecule has 1 rings (SSSR count). The van der Waals surface area contributed by atoms with Crippen molar-refractivity contribution in [2.45, 2.75) is 13.1 Å². The molecular weight excluding hydrogens is 257 g/mol. The first-order valence-electron chi connectivity index (χ1n) is 5.71. The lowest BCUT2D eigenvalue weighted by molar-refractivity contribution is -0.157. The molecule has 0 spiro atoms. The van der Waals surface area contributed by atoms with Gasteiger partial charge in [-0.1, -0.05) is 12.1 Å². The molecule has 1 amide bonds. The van der Waals surface area contributed by atoms with E-state index in [9.17, 15) is 18.0 Å².